The molecule has 1 unspecified atom stereocenters. The standard InChI is InChI=1S/C13H17NO3S2/c15-19(16,17)13-14(10-6-2-1-3-7-10)11-8-4-5-9-12(11)18-13/h4-5,8-10,13H,1-3,6-7H2,(H,15,16,17). The van der Waals surface area contributed by atoms with Crippen molar-refractivity contribution in [2.45, 2.75) is 47.7 Å². The van der Waals surface area contributed by atoms with Crippen LogP contribution in [0.4, 0.5) is 5.69 Å². The average molecular weight is 299 g/mol. The number of para-hydroxylation sites is 1. The first-order valence-corrected chi connectivity index (χ1v) is 8.96. The molecule has 1 aromatic carbocycles. The maximum absolute atomic E-state index is 11.6. The molecule has 2 aliphatic rings. The van der Waals surface area contributed by atoms with Crippen LogP contribution in [0.1, 0.15) is 32.1 Å². The quantitative estimate of drug-likeness (QED) is 0.850. The lowest BCUT2D eigenvalue weighted by Crippen LogP contribution is -2.44. The molecule has 0 spiro atoms. The largest absolute Gasteiger partial charge is 0.341 e. The van der Waals surface area contributed by atoms with E-state index in [0.29, 0.717) is 0 Å². The molecule has 1 aliphatic heterocycles. The van der Waals surface area contributed by atoms with Crippen molar-refractivity contribution in [3.8, 4) is 0 Å². The van der Waals surface area contributed by atoms with Crippen LogP contribution < -0.4 is 4.90 Å². The Labute approximate surface area is 117 Å². The summed E-state index contributed by atoms with van der Waals surface area (Å²) in [6.07, 6.45) is 5.48. The summed E-state index contributed by atoms with van der Waals surface area (Å²) in [6.45, 7) is 0. The van der Waals surface area contributed by atoms with Crippen molar-refractivity contribution in [3.05, 3.63) is 24.3 Å². The first-order chi connectivity index (χ1) is 9.07. The van der Waals surface area contributed by atoms with Crippen LogP contribution in [0.25, 0.3) is 0 Å². The van der Waals surface area contributed by atoms with Crippen LogP contribution in [0, 0.1) is 0 Å². The van der Waals surface area contributed by atoms with Gasteiger partial charge in [0.2, 0.25) is 4.71 Å². The minimum atomic E-state index is -4.08. The molecule has 1 saturated carbocycles. The van der Waals surface area contributed by atoms with E-state index in [1.54, 1.807) is 0 Å². The molecule has 0 radical (unpaired) electrons. The third-order valence-corrected chi connectivity index (χ3v) is 6.60. The van der Waals surface area contributed by atoms with Crippen LogP contribution in [-0.2, 0) is 10.1 Å². The van der Waals surface area contributed by atoms with Gasteiger partial charge in [-0.3, -0.25) is 4.55 Å². The van der Waals surface area contributed by atoms with Gasteiger partial charge in [0, 0.05) is 10.9 Å². The molecule has 6 heteroatoms. The second-order valence-electron chi connectivity index (χ2n) is 5.11. The Kier molecular flexibility index (Phi) is 3.49. The van der Waals surface area contributed by atoms with E-state index in [-0.39, 0.29) is 6.04 Å². The molecule has 3 rings (SSSR count). The summed E-state index contributed by atoms with van der Waals surface area (Å²) in [7, 11) is -4.08. The number of benzene rings is 1. The molecule has 0 aromatic heterocycles. The Morgan fingerprint density at radius 1 is 1.16 bits per heavy atom. The zero-order valence-corrected chi connectivity index (χ0v) is 12.2. The first-order valence-electron chi connectivity index (χ1n) is 6.58. The third kappa shape index (κ3) is 2.49. The normalized spacial score (nSPS) is 24.5. The minimum absolute atomic E-state index is 0.219. The van der Waals surface area contributed by atoms with Crippen LogP contribution in [0.3, 0.4) is 0 Å². The highest BCUT2D eigenvalue weighted by Crippen LogP contribution is 2.47. The molecule has 0 bridgehead atoms. The predicted octanol–water partition coefficient (Wildman–Crippen LogP) is 3.10. The van der Waals surface area contributed by atoms with E-state index in [9.17, 15) is 13.0 Å². The summed E-state index contributed by atoms with van der Waals surface area (Å²) in [6, 6.07) is 7.90. The second kappa shape index (κ2) is 5.00. The zero-order valence-electron chi connectivity index (χ0n) is 10.5. The molecule has 1 aromatic rings. The van der Waals surface area contributed by atoms with Crippen molar-refractivity contribution >= 4 is 27.6 Å². The van der Waals surface area contributed by atoms with E-state index >= 15 is 0 Å². The van der Waals surface area contributed by atoms with Crippen LogP contribution in [0.2, 0.25) is 0 Å². The number of rotatable bonds is 2. The Morgan fingerprint density at radius 2 is 1.84 bits per heavy atom. The SMILES string of the molecule is O=S(=O)(O)C1Sc2ccccc2N1C1CCCCC1. The molecule has 104 valence electrons. The highest BCUT2D eigenvalue weighted by atomic mass is 32.3. The third-order valence-electron chi connectivity index (χ3n) is 3.82. The van der Waals surface area contributed by atoms with Crippen molar-refractivity contribution in [1.29, 1.82) is 0 Å². The van der Waals surface area contributed by atoms with Gasteiger partial charge >= 0.3 is 0 Å². The van der Waals surface area contributed by atoms with Gasteiger partial charge in [-0.15, -0.1) is 0 Å². The van der Waals surface area contributed by atoms with Crippen molar-refractivity contribution in [3.63, 3.8) is 0 Å². The number of thioether (sulfide) groups is 1. The van der Waals surface area contributed by atoms with E-state index in [0.717, 1.165) is 36.3 Å². The van der Waals surface area contributed by atoms with Crippen LogP contribution in [0.5, 0.6) is 0 Å². The maximum atomic E-state index is 11.6. The highest BCUT2D eigenvalue weighted by Gasteiger charge is 2.42. The van der Waals surface area contributed by atoms with Gasteiger partial charge < -0.3 is 4.90 Å². The minimum Gasteiger partial charge on any atom is -0.341 e. The monoisotopic (exact) mass is 299 g/mol. The zero-order chi connectivity index (χ0) is 13.5. The molecular weight excluding hydrogens is 282 g/mol. The fourth-order valence-electron chi connectivity index (χ4n) is 2.98. The van der Waals surface area contributed by atoms with Gasteiger partial charge in [-0.2, -0.15) is 8.42 Å². The van der Waals surface area contributed by atoms with Crippen LogP contribution in [-0.4, -0.2) is 23.7 Å². The van der Waals surface area contributed by atoms with E-state index in [4.69, 9.17) is 0 Å². The molecule has 1 heterocycles. The lowest BCUT2D eigenvalue weighted by molar-refractivity contribution is 0.412. The van der Waals surface area contributed by atoms with Gasteiger partial charge in [0.25, 0.3) is 10.1 Å². The summed E-state index contributed by atoms with van der Waals surface area (Å²) >= 11 is 1.23. The lowest BCUT2D eigenvalue weighted by atomic mass is 9.94. The average Bonchev–Trinajstić information content (AvgIpc) is 2.79. The molecule has 1 atom stereocenters. The van der Waals surface area contributed by atoms with E-state index in [1.807, 2.05) is 29.2 Å². The number of nitrogens with zero attached hydrogens (tertiary/aromatic N) is 1. The van der Waals surface area contributed by atoms with Crippen molar-refractivity contribution in [2.24, 2.45) is 0 Å². The summed E-state index contributed by atoms with van der Waals surface area (Å²) in [5, 5.41) is 0. The molecular formula is C13H17NO3S2. The molecule has 0 saturated heterocycles. The van der Waals surface area contributed by atoms with Crippen molar-refractivity contribution in [1.82, 2.24) is 0 Å². The van der Waals surface area contributed by atoms with Crippen molar-refractivity contribution in [2.75, 3.05) is 4.90 Å². The second-order valence-corrected chi connectivity index (χ2v) is 8.00. The van der Waals surface area contributed by atoms with E-state index in [2.05, 4.69) is 0 Å². The fraction of sp³-hybridized carbons (Fsp3) is 0.538. The van der Waals surface area contributed by atoms with Gasteiger partial charge in [-0.25, -0.2) is 0 Å². The van der Waals surface area contributed by atoms with E-state index < -0.39 is 14.8 Å². The topological polar surface area (TPSA) is 57.6 Å². The Morgan fingerprint density at radius 3 is 2.53 bits per heavy atom. The number of fused-ring (bicyclic) bond motifs is 1. The Bertz CT molecular complexity index is 567. The van der Waals surface area contributed by atoms with E-state index in [1.165, 1.54) is 18.2 Å². The summed E-state index contributed by atoms with van der Waals surface area (Å²) in [4.78, 5) is 2.85. The van der Waals surface area contributed by atoms with Gasteiger partial charge in [-0.1, -0.05) is 43.2 Å². The number of hydrogen-bond acceptors (Lipinski definition) is 4. The highest BCUT2D eigenvalue weighted by molar-refractivity contribution is 8.12. The fourth-order valence-corrected chi connectivity index (χ4v) is 5.42. The molecule has 4 nitrogen and oxygen atoms in total. The Balaban J connectivity index is 2.00. The van der Waals surface area contributed by atoms with Gasteiger partial charge in [0.05, 0.1) is 5.69 Å². The predicted molar refractivity (Wildman–Crippen MR) is 77.0 cm³/mol. The van der Waals surface area contributed by atoms with Gasteiger partial charge in [0.15, 0.2) is 0 Å². The molecule has 19 heavy (non-hydrogen) atoms. The molecule has 0 amide bonds. The number of anilines is 1. The first kappa shape index (κ1) is 13.3. The molecule has 1 aliphatic carbocycles. The smallest absolute Gasteiger partial charge is 0.296 e. The molecule has 1 fully saturated rings. The Hall–Kier alpha value is -0.720. The van der Waals surface area contributed by atoms with Crippen LogP contribution in [0.15, 0.2) is 29.2 Å². The summed E-state index contributed by atoms with van der Waals surface area (Å²) in [5.74, 6) is 0. The van der Waals surface area contributed by atoms with Gasteiger partial charge in [0.1, 0.15) is 0 Å². The lowest BCUT2D eigenvalue weighted by Gasteiger charge is -2.35. The maximum Gasteiger partial charge on any atom is 0.296 e. The summed E-state index contributed by atoms with van der Waals surface area (Å²) < 4.78 is 31.9. The van der Waals surface area contributed by atoms with Gasteiger partial charge in [-0.05, 0) is 25.0 Å². The van der Waals surface area contributed by atoms with Crippen molar-refractivity contribution < 1.29 is 13.0 Å². The van der Waals surface area contributed by atoms with Crippen LogP contribution >= 0.6 is 11.8 Å². The number of hydrogen-bond donors (Lipinski definition) is 1. The summed E-state index contributed by atoms with van der Waals surface area (Å²) in [5.41, 5.74) is 0.946. The molecule has 1 N–H and O–H groups in total.